The van der Waals surface area contributed by atoms with E-state index in [1.165, 1.54) is 5.56 Å². The summed E-state index contributed by atoms with van der Waals surface area (Å²) in [6.45, 7) is 10.4. The summed E-state index contributed by atoms with van der Waals surface area (Å²) >= 11 is 0. The van der Waals surface area contributed by atoms with Crippen molar-refractivity contribution in [2.75, 3.05) is 18.4 Å². The van der Waals surface area contributed by atoms with Crippen LogP contribution in [0.2, 0.25) is 0 Å². The highest BCUT2D eigenvalue weighted by Crippen LogP contribution is 2.22. The number of aromatic nitrogens is 2. The molecule has 31 heavy (non-hydrogen) atoms. The molecule has 0 saturated carbocycles. The summed E-state index contributed by atoms with van der Waals surface area (Å²) in [4.78, 5) is 18.8. The minimum absolute atomic E-state index is 0.268. The van der Waals surface area contributed by atoms with Crippen LogP contribution < -0.4 is 16.1 Å². The Bertz CT molecular complexity index is 1040. The summed E-state index contributed by atoms with van der Waals surface area (Å²) in [5, 5.41) is 6.96. The highest BCUT2D eigenvalue weighted by Gasteiger charge is 2.18. The minimum atomic E-state index is 0.268. The molecule has 2 N–H and O–H groups in total. The van der Waals surface area contributed by atoms with Gasteiger partial charge in [-0.05, 0) is 80.9 Å². The van der Waals surface area contributed by atoms with Crippen LogP contribution in [-0.4, -0.2) is 48.3 Å². The molecule has 1 unspecified atom stereocenters. The van der Waals surface area contributed by atoms with E-state index in [4.69, 9.17) is 9.98 Å². The van der Waals surface area contributed by atoms with Crippen LogP contribution >= 0.6 is 0 Å². The van der Waals surface area contributed by atoms with Crippen LogP contribution in [0.3, 0.4) is 0 Å². The molecule has 0 spiro atoms. The van der Waals surface area contributed by atoms with E-state index < -0.39 is 0 Å². The van der Waals surface area contributed by atoms with Crippen LogP contribution in [0, 0.1) is 12.8 Å². The zero-order chi connectivity index (χ0) is 21.8. The number of hydrogen-bond donors (Lipinski definition) is 2. The third-order valence-electron chi connectivity index (χ3n) is 5.54. The Morgan fingerprint density at radius 2 is 2.16 bits per heavy atom. The van der Waals surface area contributed by atoms with E-state index in [0.717, 1.165) is 59.9 Å². The number of aryl methyl sites for hydroxylation is 1. The Labute approximate surface area is 185 Å². The molecule has 3 heterocycles. The summed E-state index contributed by atoms with van der Waals surface area (Å²) in [6, 6.07) is 6.55. The molecule has 0 amide bonds. The third kappa shape index (κ3) is 5.47. The highest BCUT2D eigenvalue weighted by molar-refractivity contribution is 6.64. The van der Waals surface area contributed by atoms with Gasteiger partial charge in [0, 0.05) is 30.2 Å². The molecule has 1 radical (unpaired) electrons. The fourth-order valence-electron chi connectivity index (χ4n) is 3.67. The van der Waals surface area contributed by atoms with Crippen molar-refractivity contribution < 1.29 is 0 Å². The number of hydrogen-bond acceptors (Lipinski definition) is 6. The first-order valence-corrected chi connectivity index (χ1v) is 11.1. The highest BCUT2D eigenvalue weighted by atomic mass is 15.1. The molecule has 1 aromatic carbocycles. The number of benzene rings is 1. The molecule has 0 bridgehead atoms. The van der Waals surface area contributed by atoms with Gasteiger partial charge in [0.15, 0.2) is 7.28 Å². The van der Waals surface area contributed by atoms with Crippen LogP contribution in [0.5, 0.6) is 0 Å². The van der Waals surface area contributed by atoms with E-state index in [-0.39, 0.29) is 6.04 Å². The van der Waals surface area contributed by atoms with Crippen LogP contribution in [0.25, 0.3) is 6.08 Å². The van der Waals surface area contributed by atoms with Gasteiger partial charge in [-0.25, -0.2) is 9.98 Å². The van der Waals surface area contributed by atoms with E-state index in [1.807, 2.05) is 25.5 Å². The maximum atomic E-state index is 4.80. The lowest BCUT2D eigenvalue weighted by molar-refractivity contribution is 0.527. The largest absolute Gasteiger partial charge is 0.340 e. The van der Waals surface area contributed by atoms with Gasteiger partial charge in [-0.1, -0.05) is 13.0 Å². The quantitative estimate of drug-likeness (QED) is 0.578. The molecular weight excluding hydrogens is 383 g/mol. The van der Waals surface area contributed by atoms with Gasteiger partial charge in [0.2, 0.25) is 0 Å². The molecule has 1 fully saturated rings. The first-order chi connectivity index (χ1) is 15.0. The molecule has 4 rings (SSSR count). The summed E-state index contributed by atoms with van der Waals surface area (Å²) in [6.07, 6.45) is 6.07. The monoisotopic (exact) mass is 413 g/mol. The van der Waals surface area contributed by atoms with Crippen molar-refractivity contribution in [3.05, 3.63) is 41.0 Å². The lowest BCUT2D eigenvalue weighted by Gasteiger charge is -2.13. The molecule has 1 atom stereocenters. The van der Waals surface area contributed by atoms with Gasteiger partial charge in [-0.2, -0.15) is 4.98 Å². The predicted molar refractivity (Wildman–Crippen MR) is 132 cm³/mol. The number of nitrogens with one attached hydrogen (secondary N) is 2. The molecule has 0 aliphatic carbocycles. The summed E-state index contributed by atoms with van der Waals surface area (Å²) < 4.78 is 0. The normalized spacial score (nSPS) is 19.6. The molecule has 1 aromatic heterocycles. The lowest BCUT2D eigenvalue weighted by atomic mass is 9.74. The average Bonchev–Trinajstić information content (AvgIpc) is 3.12. The van der Waals surface area contributed by atoms with Crippen LogP contribution in [0.4, 0.5) is 17.5 Å². The van der Waals surface area contributed by atoms with E-state index in [9.17, 15) is 0 Å². The first-order valence-electron chi connectivity index (χ1n) is 11.1. The number of fused-ring (bicyclic) bond motifs is 1. The smallest absolute Gasteiger partial charge is 0.251 e. The van der Waals surface area contributed by atoms with Gasteiger partial charge in [-0.3, -0.25) is 4.99 Å². The van der Waals surface area contributed by atoms with Crippen LogP contribution in [0.15, 0.2) is 34.2 Å². The molecule has 2 aromatic rings. The topological polar surface area (TPSA) is 74.6 Å². The molecular formula is C24H30BN6. The van der Waals surface area contributed by atoms with E-state index >= 15 is 0 Å². The van der Waals surface area contributed by atoms with Crippen LogP contribution in [0.1, 0.15) is 50.4 Å². The van der Waals surface area contributed by atoms with Crippen molar-refractivity contribution in [1.82, 2.24) is 15.3 Å². The molecule has 159 valence electrons. The van der Waals surface area contributed by atoms with Crippen molar-refractivity contribution in [3.63, 3.8) is 0 Å². The predicted octanol–water partition coefficient (Wildman–Crippen LogP) is 3.76. The lowest BCUT2D eigenvalue weighted by Crippen LogP contribution is -2.23. The molecule has 2 aliphatic rings. The second-order valence-electron chi connectivity index (χ2n) is 8.72. The van der Waals surface area contributed by atoms with E-state index in [2.05, 4.69) is 66.5 Å². The van der Waals surface area contributed by atoms with Gasteiger partial charge in [0.25, 0.3) is 5.95 Å². The maximum Gasteiger partial charge on any atom is 0.251 e. The van der Waals surface area contributed by atoms with Crippen molar-refractivity contribution in [1.29, 1.82) is 0 Å². The van der Waals surface area contributed by atoms with Gasteiger partial charge >= 0.3 is 0 Å². The Morgan fingerprint density at radius 1 is 1.29 bits per heavy atom. The van der Waals surface area contributed by atoms with Gasteiger partial charge in [-0.15, -0.1) is 5.98 Å². The summed E-state index contributed by atoms with van der Waals surface area (Å²) in [5.41, 5.74) is 6.28. The van der Waals surface area contributed by atoms with Crippen molar-refractivity contribution in [3.8, 4) is 0 Å². The van der Waals surface area contributed by atoms with Crippen molar-refractivity contribution in [2.45, 2.75) is 46.6 Å². The Balaban J connectivity index is 1.63. The third-order valence-corrected chi connectivity index (χ3v) is 5.54. The summed E-state index contributed by atoms with van der Waals surface area (Å²) in [7, 11) is 2.04. The van der Waals surface area contributed by atoms with E-state index in [0.29, 0.717) is 11.9 Å². The van der Waals surface area contributed by atoms with Crippen molar-refractivity contribution >= 4 is 48.2 Å². The van der Waals surface area contributed by atoms with E-state index in [1.54, 1.807) is 0 Å². The first kappa shape index (κ1) is 21.4. The second kappa shape index (κ2) is 9.56. The zero-order valence-corrected chi connectivity index (χ0v) is 18.8. The fraction of sp³-hybridized carbons (Fsp3) is 0.417. The Hall–Kier alpha value is -2.80. The summed E-state index contributed by atoms with van der Waals surface area (Å²) in [5.74, 6) is 3.96. The molecule has 1 saturated heterocycles. The molecule has 2 aliphatic heterocycles. The number of anilines is 2. The standard InChI is InChI=1S/C24H30BN6/c1-15(2)27-13-18-11-19(8-6-17(18)4)28-23-22-21(9-10-25-22)30-24(31-23)29-20-7-5-16(3)12-26-14-20/h6,8-11,13,15-16,26H,5,7,12,14H2,1-4H3,(H,28,30,31). The molecule has 6 nitrogen and oxygen atoms in total. The van der Waals surface area contributed by atoms with Gasteiger partial charge < -0.3 is 10.6 Å². The number of nitrogens with zero attached hydrogens (tertiary/aromatic N) is 4. The maximum absolute atomic E-state index is 4.80. The zero-order valence-electron chi connectivity index (χ0n) is 18.8. The van der Waals surface area contributed by atoms with Crippen molar-refractivity contribution in [2.24, 2.45) is 15.9 Å². The van der Waals surface area contributed by atoms with Crippen LogP contribution in [-0.2, 0) is 0 Å². The Kier molecular flexibility index (Phi) is 6.61. The Morgan fingerprint density at radius 3 is 3.00 bits per heavy atom. The SMILES string of the molecule is Cc1ccc(Nc2nc(N=C3CCC(C)CNC3)nc3c2[B]C=C3)cc1C=NC(C)C. The fourth-order valence-corrected chi connectivity index (χ4v) is 3.67. The molecule has 7 heteroatoms. The van der Waals surface area contributed by atoms with Gasteiger partial charge in [0.05, 0.1) is 5.69 Å². The van der Waals surface area contributed by atoms with Gasteiger partial charge in [0.1, 0.15) is 5.82 Å². The number of aliphatic imine (C=N–C) groups is 2. The average molecular weight is 413 g/mol. The number of rotatable bonds is 5. The minimum Gasteiger partial charge on any atom is -0.340 e. The second-order valence-corrected chi connectivity index (χ2v) is 8.72.